The molecule has 3 heterocycles. The molecule has 6 nitrogen and oxygen atoms in total. The molecule has 3 rings (SSSR count). The molecule has 1 aromatic rings. The van der Waals surface area contributed by atoms with Gasteiger partial charge in [-0.2, -0.15) is 0 Å². The first-order valence-electron chi connectivity index (χ1n) is 5.46. The number of epoxide rings is 1. The molecule has 4 atom stereocenters. The zero-order valence-electron chi connectivity index (χ0n) is 9.42. The fourth-order valence-corrected chi connectivity index (χ4v) is 2.51. The van der Waals surface area contributed by atoms with Crippen LogP contribution >= 0.6 is 12.2 Å². The highest BCUT2D eigenvalue weighted by Crippen LogP contribution is 2.54. The van der Waals surface area contributed by atoms with Crippen LogP contribution in [0.2, 0.25) is 0 Å². The minimum atomic E-state index is -1.04. The van der Waals surface area contributed by atoms with Crippen LogP contribution in [0.4, 0.5) is 4.39 Å². The number of nitrogens with one attached hydrogen (secondary N) is 1. The molecule has 1 aromatic heterocycles. The number of rotatable bonds is 2. The van der Waals surface area contributed by atoms with Crippen molar-refractivity contribution in [1.29, 1.82) is 0 Å². The molecule has 0 saturated carbocycles. The number of H-pyrrole nitrogens is 1. The Morgan fingerprint density at radius 3 is 3.00 bits per heavy atom. The van der Waals surface area contributed by atoms with Gasteiger partial charge in [0.25, 0.3) is 0 Å². The van der Waals surface area contributed by atoms with E-state index in [1.54, 1.807) is 0 Å². The van der Waals surface area contributed by atoms with Crippen LogP contribution < -0.4 is 5.69 Å². The van der Waals surface area contributed by atoms with Gasteiger partial charge in [0.05, 0.1) is 6.20 Å². The lowest BCUT2D eigenvalue weighted by atomic mass is 10.1. The summed E-state index contributed by atoms with van der Waals surface area (Å²) in [7, 11) is 0. The van der Waals surface area contributed by atoms with Gasteiger partial charge in [-0.1, -0.05) is 19.1 Å². The van der Waals surface area contributed by atoms with Crippen molar-refractivity contribution in [2.24, 2.45) is 5.92 Å². The molecule has 2 fully saturated rings. The molecule has 2 N–H and O–H groups in total. The summed E-state index contributed by atoms with van der Waals surface area (Å²) in [4.78, 5) is 14.0. The molecule has 0 radical (unpaired) electrons. The van der Waals surface area contributed by atoms with Crippen LogP contribution in [0.1, 0.15) is 13.2 Å². The smallest absolute Gasteiger partial charge is 0.328 e. The number of aliphatic hydroxyl groups excluding tert-OH is 1. The fourth-order valence-electron chi connectivity index (χ4n) is 2.37. The molecule has 2 aliphatic heterocycles. The highest BCUT2D eigenvalue weighted by Gasteiger charge is 2.69. The minimum Gasteiger partial charge on any atom is -0.391 e. The van der Waals surface area contributed by atoms with E-state index < -0.39 is 23.5 Å². The molecule has 0 aliphatic carbocycles. The lowest BCUT2D eigenvalue weighted by Gasteiger charge is -2.21. The summed E-state index contributed by atoms with van der Waals surface area (Å²) in [5.74, 6) is -1.90. The van der Waals surface area contributed by atoms with E-state index in [1.165, 1.54) is 0 Å². The minimum absolute atomic E-state index is 0.168. The summed E-state index contributed by atoms with van der Waals surface area (Å²) in [5, 5.41) is 9.18. The Bertz CT molecular complexity index is 615. The second kappa shape index (κ2) is 3.70. The molecule has 0 bridgehead atoms. The largest absolute Gasteiger partial charge is 0.391 e. The van der Waals surface area contributed by atoms with Crippen molar-refractivity contribution in [2.75, 3.05) is 6.61 Å². The zero-order valence-corrected chi connectivity index (χ0v) is 10.2. The average molecular weight is 274 g/mol. The Morgan fingerprint density at radius 1 is 1.67 bits per heavy atom. The number of hydrogen-bond donors (Lipinski definition) is 2. The van der Waals surface area contributed by atoms with Crippen LogP contribution in [-0.4, -0.2) is 33.2 Å². The third-order valence-electron chi connectivity index (χ3n) is 3.37. The summed E-state index contributed by atoms with van der Waals surface area (Å²) in [6.45, 7) is 1.52. The van der Waals surface area contributed by atoms with Crippen molar-refractivity contribution in [1.82, 2.24) is 9.55 Å². The molecular weight excluding hydrogens is 263 g/mol. The number of aromatic nitrogens is 2. The number of aliphatic hydroxyl groups is 1. The Balaban J connectivity index is 2.00. The standard InChI is InChI=1S/C10H11FN2O4S/c1-4-6-10(3-14,16-6)17-8(4)13-2-5(11)7(18)12-9(13)15/h2,4,6,8,14H,3H2,1H3,(H,12,15,18)/t4?,6-,8-,10?/m1/s1. The molecule has 98 valence electrons. The second-order valence-corrected chi connectivity index (χ2v) is 4.93. The van der Waals surface area contributed by atoms with Crippen LogP contribution in [0.3, 0.4) is 0 Å². The zero-order chi connectivity index (χ0) is 13.1. The van der Waals surface area contributed by atoms with E-state index in [0.717, 1.165) is 10.8 Å². The molecule has 2 saturated heterocycles. The van der Waals surface area contributed by atoms with Gasteiger partial charge in [-0.3, -0.25) is 9.55 Å². The van der Waals surface area contributed by atoms with Gasteiger partial charge < -0.3 is 14.6 Å². The first-order valence-corrected chi connectivity index (χ1v) is 5.87. The van der Waals surface area contributed by atoms with Crippen molar-refractivity contribution in [3.05, 3.63) is 27.1 Å². The fraction of sp³-hybridized carbons (Fsp3) is 0.600. The Morgan fingerprint density at radius 2 is 2.39 bits per heavy atom. The molecule has 2 aliphatic rings. The highest BCUT2D eigenvalue weighted by molar-refractivity contribution is 7.71. The van der Waals surface area contributed by atoms with E-state index >= 15 is 0 Å². The topological polar surface area (TPSA) is 79.8 Å². The third kappa shape index (κ3) is 1.50. The normalized spacial score (nSPS) is 37.6. The Kier molecular flexibility index (Phi) is 2.46. The quantitative estimate of drug-likeness (QED) is 0.599. The summed E-state index contributed by atoms with van der Waals surface area (Å²) in [5.41, 5.74) is -0.548. The van der Waals surface area contributed by atoms with E-state index in [-0.39, 0.29) is 23.3 Å². The molecule has 2 unspecified atom stereocenters. The average Bonchev–Trinajstić information content (AvgIpc) is 2.99. The van der Waals surface area contributed by atoms with Crippen LogP contribution in [0.25, 0.3) is 0 Å². The first kappa shape index (κ1) is 12.0. The van der Waals surface area contributed by atoms with Crippen LogP contribution in [0, 0.1) is 16.4 Å². The lowest BCUT2D eigenvalue weighted by molar-refractivity contribution is -0.148. The molecule has 8 heteroatoms. The van der Waals surface area contributed by atoms with Gasteiger partial charge in [0.1, 0.15) is 23.6 Å². The Hall–Kier alpha value is -1.09. The van der Waals surface area contributed by atoms with E-state index in [2.05, 4.69) is 17.2 Å². The summed E-state index contributed by atoms with van der Waals surface area (Å²) in [6, 6.07) is 0. The van der Waals surface area contributed by atoms with Gasteiger partial charge in [-0.25, -0.2) is 9.18 Å². The SMILES string of the molecule is CC1[C@H](n2cc(F)c(=S)[nH]c2=O)OC2(CO)O[C@H]12. The number of halogens is 1. The van der Waals surface area contributed by atoms with E-state index in [0.29, 0.717) is 0 Å². The maximum Gasteiger partial charge on any atom is 0.328 e. The van der Waals surface area contributed by atoms with E-state index in [9.17, 15) is 14.3 Å². The highest BCUT2D eigenvalue weighted by atomic mass is 32.1. The molecule has 0 spiro atoms. The van der Waals surface area contributed by atoms with Crippen molar-refractivity contribution < 1.29 is 19.0 Å². The number of fused-ring (bicyclic) bond motifs is 1. The third-order valence-corrected chi connectivity index (χ3v) is 3.67. The predicted molar refractivity (Wildman–Crippen MR) is 59.8 cm³/mol. The molecule has 0 aromatic carbocycles. The Labute approximate surface area is 106 Å². The van der Waals surface area contributed by atoms with Crippen LogP contribution in [0.15, 0.2) is 11.0 Å². The summed E-state index contributed by atoms with van der Waals surface area (Å²) >= 11 is 4.63. The monoisotopic (exact) mass is 274 g/mol. The second-order valence-electron chi connectivity index (χ2n) is 4.52. The lowest BCUT2D eigenvalue weighted by Crippen LogP contribution is -2.32. The number of aromatic amines is 1. The number of ether oxygens (including phenoxy) is 2. The van der Waals surface area contributed by atoms with Crippen molar-refractivity contribution in [3.63, 3.8) is 0 Å². The predicted octanol–water partition coefficient (Wildman–Crippen LogP) is 0.297. The van der Waals surface area contributed by atoms with E-state index in [4.69, 9.17) is 9.47 Å². The van der Waals surface area contributed by atoms with Gasteiger partial charge in [0.2, 0.25) is 5.79 Å². The number of nitrogens with zero attached hydrogens (tertiary/aromatic N) is 1. The number of hydrogen-bond acceptors (Lipinski definition) is 5. The van der Waals surface area contributed by atoms with Crippen molar-refractivity contribution >= 4 is 12.2 Å². The molecule has 0 amide bonds. The summed E-state index contributed by atoms with van der Waals surface area (Å²) < 4.78 is 25.0. The van der Waals surface area contributed by atoms with Crippen molar-refractivity contribution in [2.45, 2.75) is 25.0 Å². The molecular formula is C10H11FN2O4S. The first-order chi connectivity index (χ1) is 8.48. The van der Waals surface area contributed by atoms with Gasteiger partial charge in [-0.15, -0.1) is 0 Å². The van der Waals surface area contributed by atoms with Crippen LogP contribution in [-0.2, 0) is 9.47 Å². The van der Waals surface area contributed by atoms with Gasteiger partial charge in [-0.05, 0) is 0 Å². The van der Waals surface area contributed by atoms with Crippen LogP contribution in [0.5, 0.6) is 0 Å². The summed E-state index contributed by atoms with van der Waals surface area (Å²) in [6.07, 6.45) is 0.0634. The van der Waals surface area contributed by atoms with Gasteiger partial charge in [0, 0.05) is 5.92 Å². The van der Waals surface area contributed by atoms with E-state index in [1.807, 2.05) is 6.92 Å². The molecule has 18 heavy (non-hydrogen) atoms. The van der Waals surface area contributed by atoms with Gasteiger partial charge >= 0.3 is 5.69 Å². The maximum atomic E-state index is 13.4. The maximum absolute atomic E-state index is 13.4. The van der Waals surface area contributed by atoms with Crippen molar-refractivity contribution in [3.8, 4) is 0 Å². The van der Waals surface area contributed by atoms with Gasteiger partial charge in [0.15, 0.2) is 5.82 Å².